The number of hydrogen-bond donors (Lipinski definition) is 2. The molecule has 6 nitrogen and oxygen atoms in total. The van der Waals surface area contributed by atoms with Crippen molar-refractivity contribution >= 4 is 21.9 Å². The smallest absolute Gasteiger partial charge is 0.245 e. The summed E-state index contributed by atoms with van der Waals surface area (Å²) in [7, 11) is 1.65. The Kier molecular flexibility index (Phi) is 4.12. The third kappa shape index (κ3) is 3.03. The molecule has 21 heavy (non-hydrogen) atoms. The molecule has 2 N–H and O–H groups in total. The lowest BCUT2D eigenvalue weighted by molar-refractivity contribution is 0.415. The lowest BCUT2D eigenvalue weighted by atomic mass is 10.2. The second-order valence-corrected chi connectivity index (χ2v) is 5.99. The monoisotopic (exact) mass is 351 g/mol. The fourth-order valence-corrected chi connectivity index (χ4v) is 2.88. The number of methoxy groups -OCH3 is 1. The first-order valence-corrected chi connectivity index (χ1v) is 7.71. The Hall–Kier alpha value is -1.60. The maximum atomic E-state index is 5.27. The summed E-state index contributed by atoms with van der Waals surface area (Å²) < 4.78 is 6.22. The Morgan fingerprint density at radius 1 is 1.43 bits per heavy atom. The summed E-state index contributed by atoms with van der Waals surface area (Å²) in [6.45, 7) is 4.95. The van der Waals surface area contributed by atoms with Crippen molar-refractivity contribution in [3.8, 4) is 17.1 Å². The lowest BCUT2D eigenvalue weighted by Gasteiger charge is -2.30. The van der Waals surface area contributed by atoms with Gasteiger partial charge in [0.25, 0.3) is 0 Å². The SMILES string of the molecule is COc1ccc(Br)c(-c2nc(N3CCN[C@H](C)C3)n[nH]2)c1. The third-order valence-electron chi connectivity index (χ3n) is 3.55. The van der Waals surface area contributed by atoms with Crippen LogP contribution in [0.25, 0.3) is 11.4 Å². The minimum absolute atomic E-state index is 0.448. The number of aromatic nitrogens is 3. The van der Waals surface area contributed by atoms with Gasteiger partial charge in [-0.05, 0) is 25.1 Å². The van der Waals surface area contributed by atoms with Crippen molar-refractivity contribution < 1.29 is 4.74 Å². The normalized spacial score (nSPS) is 18.8. The Morgan fingerprint density at radius 3 is 3.05 bits per heavy atom. The number of rotatable bonds is 3. The molecular weight excluding hydrogens is 334 g/mol. The predicted octanol–water partition coefficient (Wildman–Crippen LogP) is 2.04. The first-order valence-electron chi connectivity index (χ1n) is 6.92. The van der Waals surface area contributed by atoms with Crippen molar-refractivity contribution in [2.45, 2.75) is 13.0 Å². The van der Waals surface area contributed by atoms with Crippen LogP contribution in [-0.4, -0.2) is 48.0 Å². The van der Waals surface area contributed by atoms with Gasteiger partial charge in [0.15, 0.2) is 5.82 Å². The van der Waals surface area contributed by atoms with Gasteiger partial charge in [-0.25, -0.2) is 0 Å². The molecule has 2 aromatic rings. The molecule has 0 spiro atoms. The summed E-state index contributed by atoms with van der Waals surface area (Å²) in [5.74, 6) is 2.27. The maximum absolute atomic E-state index is 5.27. The molecule has 0 bridgehead atoms. The Bertz CT molecular complexity index is 630. The van der Waals surface area contributed by atoms with Gasteiger partial charge in [0.05, 0.1) is 7.11 Å². The molecule has 1 aliphatic rings. The van der Waals surface area contributed by atoms with Crippen LogP contribution in [0.1, 0.15) is 6.92 Å². The van der Waals surface area contributed by atoms with Crippen LogP contribution in [0.3, 0.4) is 0 Å². The molecule has 1 aromatic carbocycles. The van der Waals surface area contributed by atoms with E-state index in [1.165, 1.54) is 0 Å². The zero-order chi connectivity index (χ0) is 14.8. The van der Waals surface area contributed by atoms with Gasteiger partial charge in [0.1, 0.15) is 5.75 Å². The highest BCUT2D eigenvalue weighted by Gasteiger charge is 2.20. The van der Waals surface area contributed by atoms with Gasteiger partial charge in [-0.15, -0.1) is 5.10 Å². The van der Waals surface area contributed by atoms with Gasteiger partial charge in [-0.1, -0.05) is 15.9 Å². The Morgan fingerprint density at radius 2 is 2.29 bits per heavy atom. The molecule has 2 heterocycles. The van der Waals surface area contributed by atoms with E-state index in [-0.39, 0.29) is 0 Å². The molecule has 7 heteroatoms. The number of H-pyrrole nitrogens is 1. The second kappa shape index (κ2) is 6.03. The van der Waals surface area contributed by atoms with Crippen molar-refractivity contribution in [1.82, 2.24) is 20.5 Å². The highest BCUT2D eigenvalue weighted by Crippen LogP contribution is 2.30. The van der Waals surface area contributed by atoms with Gasteiger partial charge in [0.2, 0.25) is 5.95 Å². The molecule has 1 aliphatic heterocycles. The van der Waals surface area contributed by atoms with Crippen molar-refractivity contribution in [2.75, 3.05) is 31.6 Å². The zero-order valence-electron chi connectivity index (χ0n) is 12.1. The Balaban J connectivity index is 1.87. The zero-order valence-corrected chi connectivity index (χ0v) is 13.6. The molecule has 1 aromatic heterocycles. The predicted molar refractivity (Wildman–Crippen MR) is 85.7 cm³/mol. The summed E-state index contributed by atoms with van der Waals surface area (Å²) in [6.07, 6.45) is 0. The molecular formula is C14H18BrN5O. The van der Waals surface area contributed by atoms with Crippen LogP contribution in [0.4, 0.5) is 5.95 Å². The molecule has 0 aliphatic carbocycles. The number of halogens is 1. The van der Waals surface area contributed by atoms with Crippen LogP contribution < -0.4 is 15.0 Å². The molecule has 0 saturated carbocycles. The van der Waals surface area contributed by atoms with Crippen molar-refractivity contribution in [2.24, 2.45) is 0 Å². The van der Waals surface area contributed by atoms with E-state index in [1.807, 2.05) is 18.2 Å². The number of piperazine rings is 1. The van der Waals surface area contributed by atoms with E-state index in [9.17, 15) is 0 Å². The number of hydrogen-bond acceptors (Lipinski definition) is 5. The highest BCUT2D eigenvalue weighted by molar-refractivity contribution is 9.10. The van der Waals surface area contributed by atoms with Crippen LogP contribution in [0.15, 0.2) is 22.7 Å². The number of ether oxygens (including phenoxy) is 1. The number of anilines is 1. The summed E-state index contributed by atoms with van der Waals surface area (Å²) >= 11 is 3.54. The van der Waals surface area contributed by atoms with Gasteiger partial charge >= 0.3 is 0 Å². The largest absolute Gasteiger partial charge is 0.497 e. The van der Waals surface area contributed by atoms with E-state index in [2.05, 4.69) is 48.3 Å². The molecule has 0 radical (unpaired) electrons. The van der Waals surface area contributed by atoms with E-state index in [0.717, 1.165) is 47.2 Å². The number of nitrogens with zero attached hydrogens (tertiary/aromatic N) is 3. The topological polar surface area (TPSA) is 66.1 Å². The average molecular weight is 352 g/mol. The van der Waals surface area contributed by atoms with E-state index < -0.39 is 0 Å². The fourth-order valence-electron chi connectivity index (χ4n) is 2.44. The Labute approximate surface area is 132 Å². The first-order chi connectivity index (χ1) is 10.2. The lowest BCUT2D eigenvalue weighted by Crippen LogP contribution is -2.49. The van der Waals surface area contributed by atoms with Crippen LogP contribution in [0.5, 0.6) is 5.75 Å². The van der Waals surface area contributed by atoms with Crippen LogP contribution in [0, 0.1) is 0 Å². The van der Waals surface area contributed by atoms with E-state index in [0.29, 0.717) is 6.04 Å². The first kappa shape index (κ1) is 14.3. The molecule has 1 atom stereocenters. The van der Waals surface area contributed by atoms with E-state index in [4.69, 9.17) is 4.74 Å². The van der Waals surface area contributed by atoms with Crippen molar-refractivity contribution in [3.63, 3.8) is 0 Å². The van der Waals surface area contributed by atoms with Crippen molar-refractivity contribution in [1.29, 1.82) is 0 Å². The second-order valence-electron chi connectivity index (χ2n) is 5.13. The standard InChI is InChI=1S/C14H18BrN5O/c1-9-8-20(6-5-16-9)14-17-13(18-19-14)11-7-10(21-2)3-4-12(11)15/h3-4,7,9,16H,5-6,8H2,1-2H3,(H,17,18,19)/t9-/m1/s1. The van der Waals surface area contributed by atoms with E-state index in [1.54, 1.807) is 7.11 Å². The molecule has 1 fully saturated rings. The summed E-state index contributed by atoms with van der Waals surface area (Å²) in [6, 6.07) is 6.24. The minimum Gasteiger partial charge on any atom is -0.497 e. The van der Waals surface area contributed by atoms with Crippen LogP contribution in [0.2, 0.25) is 0 Å². The minimum atomic E-state index is 0.448. The van der Waals surface area contributed by atoms with E-state index >= 15 is 0 Å². The average Bonchev–Trinajstić information content (AvgIpc) is 2.97. The molecule has 3 rings (SSSR count). The van der Waals surface area contributed by atoms with Gasteiger partial charge in [-0.3, -0.25) is 5.10 Å². The summed E-state index contributed by atoms with van der Waals surface area (Å²) in [5.41, 5.74) is 0.941. The van der Waals surface area contributed by atoms with Gasteiger partial charge in [0, 0.05) is 35.7 Å². The van der Waals surface area contributed by atoms with Crippen LogP contribution in [-0.2, 0) is 0 Å². The number of benzene rings is 1. The molecule has 112 valence electrons. The third-order valence-corrected chi connectivity index (χ3v) is 4.25. The number of nitrogens with one attached hydrogen (secondary N) is 2. The summed E-state index contributed by atoms with van der Waals surface area (Å²) in [4.78, 5) is 6.81. The number of aromatic amines is 1. The molecule has 1 saturated heterocycles. The fraction of sp³-hybridized carbons (Fsp3) is 0.429. The highest BCUT2D eigenvalue weighted by atomic mass is 79.9. The molecule has 0 unspecified atom stereocenters. The quantitative estimate of drug-likeness (QED) is 0.885. The van der Waals surface area contributed by atoms with Crippen LogP contribution >= 0.6 is 15.9 Å². The van der Waals surface area contributed by atoms with Gasteiger partial charge in [-0.2, -0.15) is 4.98 Å². The van der Waals surface area contributed by atoms with Crippen molar-refractivity contribution in [3.05, 3.63) is 22.7 Å². The molecule has 0 amide bonds. The summed E-state index contributed by atoms with van der Waals surface area (Å²) in [5, 5.41) is 10.8. The van der Waals surface area contributed by atoms with Gasteiger partial charge < -0.3 is 15.0 Å². The maximum Gasteiger partial charge on any atom is 0.245 e.